The molecule has 2 unspecified atom stereocenters. The molecule has 2 fully saturated rings. The molecule has 3 N–H and O–H groups in total. The van der Waals surface area contributed by atoms with E-state index in [0.717, 1.165) is 17.7 Å². The molecule has 26 heavy (non-hydrogen) atoms. The summed E-state index contributed by atoms with van der Waals surface area (Å²) >= 11 is 11.8. The highest BCUT2D eigenvalue weighted by Crippen LogP contribution is 2.29. The molecule has 0 spiro atoms. The zero-order valence-corrected chi connectivity index (χ0v) is 15.6. The molecular weight excluding hydrogens is 379 g/mol. The van der Waals surface area contributed by atoms with Crippen molar-refractivity contribution in [2.75, 3.05) is 18.0 Å². The van der Waals surface area contributed by atoms with E-state index in [4.69, 9.17) is 28.9 Å². The summed E-state index contributed by atoms with van der Waals surface area (Å²) in [4.78, 5) is 40.0. The fourth-order valence-corrected chi connectivity index (χ4v) is 3.71. The average molecular weight is 399 g/mol. The number of nitrogens with zero attached hydrogens (tertiary/aromatic N) is 2. The van der Waals surface area contributed by atoms with Gasteiger partial charge >= 0.3 is 6.03 Å². The van der Waals surface area contributed by atoms with Gasteiger partial charge in [0.15, 0.2) is 0 Å². The Bertz CT molecular complexity index is 743. The number of nitrogens with one attached hydrogen (secondary N) is 1. The van der Waals surface area contributed by atoms with Gasteiger partial charge in [-0.05, 0) is 37.5 Å². The average Bonchev–Trinajstić information content (AvgIpc) is 3.20. The van der Waals surface area contributed by atoms with Crippen molar-refractivity contribution in [2.45, 2.75) is 37.8 Å². The van der Waals surface area contributed by atoms with Gasteiger partial charge in [0.05, 0.1) is 15.7 Å². The summed E-state index contributed by atoms with van der Waals surface area (Å²) < 4.78 is 0. The number of carbonyl (C=O) groups is 3. The van der Waals surface area contributed by atoms with Crippen LogP contribution >= 0.6 is 23.2 Å². The maximum atomic E-state index is 12.6. The number of amides is 4. The van der Waals surface area contributed by atoms with Gasteiger partial charge in [0.25, 0.3) is 5.91 Å². The molecular formula is C17H20Cl2N4O3. The minimum Gasteiger partial charge on any atom is -0.338 e. The lowest BCUT2D eigenvalue weighted by Gasteiger charge is -2.23. The Hall–Kier alpha value is -1.83. The van der Waals surface area contributed by atoms with Crippen LogP contribution in [0, 0.1) is 0 Å². The molecule has 1 aromatic carbocycles. The van der Waals surface area contributed by atoms with Crippen LogP contribution in [0.5, 0.6) is 0 Å². The Labute approximate surface area is 161 Å². The summed E-state index contributed by atoms with van der Waals surface area (Å²) in [5.74, 6) is -0.439. The highest BCUT2D eigenvalue weighted by molar-refractivity contribution is 6.42. The highest BCUT2D eigenvalue weighted by atomic mass is 35.5. The summed E-state index contributed by atoms with van der Waals surface area (Å²) in [5, 5.41) is 3.22. The Morgan fingerprint density at radius 2 is 2.04 bits per heavy atom. The van der Waals surface area contributed by atoms with Crippen LogP contribution < -0.4 is 16.0 Å². The van der Waals surface area contributed by atoms with Gasteiger partial charge in [-0.15, -0.1) is 0 Å². The predicted molar refractivity (Wildman–Crippen MR) is 99.3 cm³/mol. The maximum absolute atomic E-state index is 12.6. The fourth-order valence-electron chi connectivity index (χ4n) is 3.42. The molecule has 2 atom stereocenters. The van der Waals surface area contributed by atoms with E-state index in [0.29, 0.717) is 23.8 Å². The van der Waals surface area contributed by atoms with Gasteiger partial charge in [-0.1, -0.05) is 23.2 Å². The number of hydrogen-bond acceptors (Lipinski definition) is 4. The van der Waals surface area contributed by atoms with Crippen LogP contribution in [0.15, 0.2) is 18.2 Å². The first kappa shape index (κ1) is 18.9. The van der Waals surface area contributed by atoms with Crippen LogP contribution in [0.2, 0.25) is 10.0 Å². The van der Waals surface area contributed by atoms with Gasteiger partial charge in [-0.2, -0.15) is 0 Å². The molecule has 2 saturated heterocycles. The number of nitrogens with two attached hydrogens (primary N) is 1. The minimum absolute atomic E-state index is 0.0343. The summed E-state index contributed by atoms with van der Waals surface area (Å²) in [6, 6.07) is 3.34. The molecule has 140 valence electrons. The van der Waals surface area contributed by atoms with E-state index < -0.39 is 18.0 Å². The number of hydrogen-bond donors (Lipinski definition) is 2. The second kappa shape index (κ2) is 7.82. The van der Waals surface area contributed by atoms with Crippen LogP contribution in [0.3, 0.4) is 0 Å². The van der Waals surface area contributed by atoms with Crippen molar-refractivity contribution in [3.8, 4) is 0 Å². The third-order valence-corrected chi connectivity index (χ3v) is 5.54. The number of halogens is 2. The molecule has 2 aliphatic heterocycles. The lowest BCUT2D eigenvalue weighted by atomic mass is 10.1. The van der Waals surface area contributed by atoms with E-state index in [1.54, 1.807) is 11.0 Å². The quantitative estimate of drug-likeness (QED) is 0.742. The van der Waals surface area contributed by atoms with Gasteiger partial charge in [-0.25, -0.2) is 9.69 Å². The van der Waals surface area contributed by atoms with Crippen molar-refractivity contribution in [3.63, 3.8) is 0 Å². The Kier molecular flexibility index (Phi) is 5.70. The Morgan fingerprint density at radius 3 is 2.73 bits per heavy atom. The van der Waals surface area contributed by atoms with E-state index >= 15 is 0 Å². The third-order valence-electron chi connectivity index (χ3n) is 4.80. The van der Waals surface area contributed by atoms with E-state index in [1.165, 1.54) is 12.1 Å². The van der Waals surface area contributed by atoms with Gasteiger partial charge in [0, 0.05) is 25.6 Å². The summed E-state index contributed by atoms with van der Waals surface area (Å²) in [6.45, 7) is 1.14. The smallest absolute Gasteiger partial charge is 0.329 e. The largest absolute Gasteiger partial charge is 0.338 e. The highest BCUT2D eigenvalue weighted by Gasteiger charge is 2.39. The fraction of sp³-hybridized carbons (Fsp3) is 0.471. The molecule has 3 rings (SSSR count). The zero-order chi connectivity index (χ0) is 18.8. The second-order valence-corrected chi connectivity index (χ2v) is 7.25. The number of rotatable bonds is 5. The molecule has 0 aliphatic carbocycles. The van der Waals surface area contributed by atoms with Crippen molar-refractivity contribution in [3.05, 3.63) is 28.2 Å². The molecule has 0 aromatic heterocycles. The topological polar surface area (TPSA) is 95.7 Å². The lowest BCUT2D eigenvalue weighted by molar-refractivity contribution is -0.132. The number of anilines is 1. The normalized spacial score (nSPS) is 22.9. The molecule has 9 heteroatoms. The first-order valence-corrected chi connectivity index (χ1v) is 9.27. The van der Waals surface area contributed by atoms with Gasteiger partial charge in [0.1, 0.15) is 6.04 Å². The van der Waals surface area contributed by atoms with Gasteiger partial charge in [-0.3, -0.25) is 9.59 Å². The predicted octanol–water partition coefficient (Wildman–Crippen LogP) is 2.15. The number of urea groups is 1. The molecule has 0 saturated carbocycles. The Morgan fingerprint density at radius 1 is 1.27 bits per heavy atom. The van der Waals surface area contributed by atoms with Crippen LogP contribution in [0.25, 0.3) is 0 Å². The molecule has 1 aromatic rings. The molecule has 2 heterocycles. The standard InChI is InChI=1S/C17H20Cl2N4O3/c18-12-4-3-10(8-13(12)19)23-16(25)14(21-17(23)26)5-6-15(24)22-7-1-2-11(22)9-20/h3-4,8,11,14H,1-2,5-7,9,20H2,(H,21,26). The van der Waals surface area contributed by atoms with E-state index in [1.807, 2.05) is 0 Å². The van der Waals surface area contributed by atoms with Crippen molar-refractivity contribution in [1.82, 2.24) is 10.2 Å². The summed E-state index contributed by atoms with van der Waals surface area (Å²) in [5.41, 5.74) is 6.04. The van der Waals surface area contributed by atoms with Gasteiger partial charge < -0.3 is 16.0 Å². The van der Waals surface area contributed by atoms with Crippen LogP contribution in [-0.4, -0.2) is 47.9 Å². The molecule has 4 amide bonds. The molecule has 2 aliphatic rings. The third kappa shape index (κ3) is 3.65. The van der Waals surface area contributed by atoms with Crippen molar-refractivity contribution in [1.29, 1.82) is 0 Å². The SMILES string of the molecule is NCC1CCCN1C(=O)CCC1NC(=O)N(c2ccc(Cl)c(Cl)c2)C1=O. The van der Waals surface area contributed by atoms with Crippen molar-refractivity contribution < 1.29 is 14.4 Å². The van der Waals surface area contributed by atoms with Crippen molar-refractivity contribution in [2.24, 2.45) is 5.73 Å². The number of carbonyl (C=O) groups excluding carboxylic acids is 3. The van der Waals surface area contributed by atoms with Crippen LogP contribution in [-0.2, 0) is 9.59 Å². The first-order chi connectivity index (χ1) is 12.4. The van der Waals surface area contributed by atoms with Gasteiger partial charge in [0.2, 0.25) is 5.91 Å². The molecule has 7 nitrogen and oxygen atoms in total. The maximum Gasteiger partial charge on any atom is 0.329 e. The minimum atomic E-state index is -0.736. The Balaban J connectivity index is 1.63. The second-order valence-electron chi connectivity index (χ2n) is 6.43. The van der Waals surface area contributed by atoms with Crippen LogP contribution in [0.1, 0.15) is 25.7 Å². The van der Waals surface area contributed by atoms with Crippen molar-refractivity contribution >= 4 is 46.7 Å². The van der Waals surface area contributed by atoms with Crippen LogP contribution in [0.4, 0.5) is 10.5 Å². The monoisotopic (exact) mass is 398 g/mol. The molecule has 0 bridgehead atoms. The number of imide groups is 1. The number of likely N-dealkylation sites (tertiary alicyclic amines) is 1. The lowest BCUT2D eigenvalue weighted by Crippen LogP contribution is -2.40. The molecule has 0 radical (unpaired) electrons. The van der Waals surface area contributed by atoms with E-state index in [2.05, 4.69) is 5.32 Å². The first-order valence-electron chi connectivity index (χ1n) is 8.51. The zero-order valence-electron chi connectivity index (χ0n) is 14.1. The van der Waals surface area contributed by atoms with E-state index in [-0.39, 0.29) is 29.8 Å². The van der Waals surface area contributed by atoms with E-state index in [9.17, 15) is 14.4 Å². The summed E-state index contributed by atoms with van der Waals surface area (Å²) in [6.07, 6.45) is 2.28. The number of benzene rings is 1. The summed E-state index contributed by atoms with van der Waals surface area (Å²) in [7, 11) is 0.